The van der Waals surface area contributed by atoms with Crippen LogP contribution in [0.1, 0.15) is 37.9 Å². The van der Waals surface area contributed by atoms with Crippen molar-refractivity contribution in [3.63, 3.8) is 0 Å². The molecule has 2 heterocycles. The second-order valence-corrected chi connectivity index (χ2v) is 9.82. The van der Waals surface area contributed by atoms with E-state index in [2.05, 4.69) is 0 Å². The Labute approximate surface area is 210 Å². The maximum absolute atomic E-state index is 13.9. The van der Waals surface area contributed by atoms with Crippen molar-refractivity contribution in [3.05, 3.63) is 99.0 Å². The molecule has 35 heavy (non-hydrogen) atoms. The summed E-state index contributed by atoms with van der Waals surface area (Å²) in [7, 11) is 0. The van der Waals surface area contributed by atoms with E-state index in [1.165, 1.54) is 18.2 Å². The predicted molar refractivity (Wildman–Crippen MR) is 129 cm³/mol. The zero-order valence-corrected chi connectivity index (χ0v) is 19.8. The Morgan fingerprint density at radius 1 is 0.800 bits per heavy atom. The molecule has 1 aliphatic carbocycles. The molecule has 0 unspecified atom stereocenters. The van der Waals surface area contributed by atoms with E-state index in [0.717, 1.165) is 10.5 Å². The van der Waals surface area contributed by atoms with Gasteiger partial charge in [-0.3, -0.25) is 19.2 Å². The Morgan fingerprint density at radius 2 is 1.43 bits per heavy atom. The number of rotatable bonds is 2. The van der Waals surface area contributed by atoms with Crippen molar-refractivity contribution < 1.29 is 23.9 Å². The third-order valence-corrected chi connectivity index (χ3v) is 7.82. The lowest BCUT2D eigenvalue weighted by atomic mass is 9.77. The van der Waals surface area contributed by atoms with Gasteiger partial charge in [0.2, 0.25) is 29.0 Å². The van der Waals surface area contributed by atoms with Gasteiger partial charge in [0.05, 0.1) is 33.7 Å². The summed E-state index contributed by atoms with van der Waals surface area (Å²) in [5, 5.41) is 0.528. The largest absolute Gasteiger partial charge is 0.349 e. The van der Waals surface area contributed by atoms with Gasteiger partial charge in [0.15, 0.2) is 0 Å². The van der Waals surface area contributed by atoms with Gasteiger partial charge in [0.25, 0.3) is 0 Å². The molecule has 6 rings (SSSR count). The summed E-state index contributed by atoms with van der Waals surface area (Å²) in [6, 6.07) is 18.0. The Hall–Kier alpha value is -3.32. The molecule has 0 radical (unpaired) electrons. The number of hydrogen-bond acceptors (Lipinski definition) is 5. The highest BCUT2D eigenvalue weighted by Gasteiger charge is 2.74. The summed E-state index contributed by atoms with van der Waals surface area (Å²) in [5.41, 5.74) is 0.0172. The van der Waals surface area contributed by atoms with Gasteiger partial charge in [-0.15, -0.1) is 0 Å². The average Bonchev–Trinajstić information content (AvgIpc) is 3.42. The zero-order chi connectivity index (χ0) is 24.6. The van der Waals surface area contributed by atoms with E-state index in [-0.39, 0.29) is 16.1 Å². The topological polar surface area (TPSA) is 80.8 Å². The van der Waals surface area contributed by atoms with Gasteiger partial charge < -0.3 is 4.74 Å². The third-order valence-electron chi connectivity index (χ3n) is 7.08. The molecule has 3 aliphatic rings. The number of halogens is 2. The summed E-state index contributed by atoms with van der Waals surface area (Å²) in [4.78, 5) is 56.2. The molecule has 2 aliphatic heterocycles. The maximum Gasteiger partial charge on any atom is 0.241 e. The molecule has 2 amide bonds. The molecule has 1 spiro atoms. The van der Waals surface area contributed by atoms with Gasteiger partial charge in [0.1, 0.15) is 0 Å². The van der Waals surface area contributed by atoms with E-state index in [1.807, 2.05) is 6.92 Å². The normalized spacial score (nSPS) is 24.4. The van der Waals surface area contributed by atoms with Crippen molar-refractivity contribution in [2.24, 2.45) is 11.8 Å². The number of ether oxygens (including phenoxy) is 1. The third kappa shape index (κ3) is 2.88. The van der Waals surface area contributed by atoms with Crippen LogP contribution < -0.4 is 4.90 Å². The molecule has 0 aromatic heterocycles. The van der Waals surface area contributed by atoms with Crippen molar-refractivity contribution in [2.75, 3.05) is 4.90 Å². The number of aryl methyl sites for hydroxylation is 1. The molecule has 6 nitrogen and oxygen atoms in total. The van der Waals surface area contributed by atoms with Crippen LogP contribution in [-0.4, -0.2) is 29.0 Å². The molecule has 174 valence electrons. The van der Waals surface area contributed by atoms with Crippen molar-refractivity contribution in [1.29, 1.82) is 0 Å². The van der Waals surface area contributed by atoms with Crippen molar-refractivity contribution in [3.8, 4) is 0 Å². The lowest BCUT2D eigenvalue weighted by Crippen LogP contribution is -2.51. The van der Waals surface area contributed by atoms with E-state index >= 15 is 0 Å². The lowest BCUT2D eigenvalue weighted by molar-refractivity contribution is -0.127. The van der Waals surface area contributed by atoms with E-state index < -0.39 is 46.9 Å². The molecule has 3 atom stereocenters. The molecule has 0 N–H and O–H groups in total. The number of amides is 2. The lowest BCUT2D eigenvalue weighted by Gasteiger charge is -2.27. The summed E-state index contributed by atoms with van der Waals surface area (Å²) in [5.74, 6) is -4.80. The quantitative estimate of drug-likeness (QED) is 0.361. The minimum atomic E-state index is -2.13. The number of benzene rings is 3. The fourth-order valence-corrected chi connectivity index (χ4v) is 5.76. The van der Waals surface area contributed by atoms with Gasteiger partial charge in [-0.1, -0.05) is 71.2 Å². The first-order valence-electron chi connectivity index (χ1n) is 11.0. The molecular formula is C27H17Cl2NO5. The minimum absolute atomic E-state index is 0.181. The van der Waals surface area contributed by atoms with Gasteiger partial charge in [-0.2, -0.15) is 0 Å². The first kappa shape index (κ1) is 22.2. The Morgan fingerprint density at radius 3 is 2.03 bits per heavy atom. The number of Topliss-reactive ketones (excluding diaryl/α,β-unsaturated/α-hetero) is 2. The maximum atomic E-state index is 13.9. The van der Waals surface area contributed by atoms with Crippen LogP contribution in [0.2, 0.25) is 10.0 Å². The molecule has 8 heteroatoms. The monoisotopic (exact) mass is 505 g/mol. The molecule has 2 fully saturated rings. The molecule has 0 saturated carbocycles. The zero-order valence-electron chi connectivity index (χ0n) is 18.3. The van der Waals surface area contributed by atoms with Crippen LogP contribution >= 0.6 is 23.2 Å². The fraction of sp³-hybridized carbons (Fsp3) is 0.185. The molecular weight excluding hydrogens is 489 g/mol. The highest BCUT2D eigenvalue weighted by molar-refractivity contribution is 6.42. The predicted octanol–water partition coefficient (Wildman–Crippen LogP) is 5.00. The van der Waals surface area contributed by atoms with Crippen LogP contribution in [0, 0.1) is 18.8 Å². The van der Waals surface area contributed by atoms with Crippen molar-refractivity contribution in [2.45, 2.75) is 18.6 Å². The molecule has 3 aromatic carbocycles. The summed E-state index contributed by atoms with van der Waals surface area (Å²) >= 11 is 12.3. The van der Waals surface area contributed by atoms with Gasteiger partial charge >= 0.3 is 0 Å². The second kappa shape index (κ2) is 7.59. The standard InChI is InChI=1S/C27H17Cl2NO5/c1-13-6-9-15(10-7-13)30-25(33)20-21(26(30)34)27(23(31)16-4-2-3-5-17(16)24(27)32)35-22(20)14-8-11-18(28)19(29)12-14/h2-12,20-22H,1H3/t20-,21-,22-/m0/s1. The van der Waals surface area contributed by atoms with E-state index in [0.29, 0.717) is 16.3 Å². The van der Waals surface area contributed by atoms with Crippen LogP contribution in [0.3, 0.4) is 0 Å². The Kier molecular flexibility index (Phi) is 4.81. The average molecular weight is 506 g/mol. The SMILES string of the molecule is Cc1ccc(N2C(=O)[C@H]3[C@@H](C2=O)C2(O[C@H]3c3ccc(Cl)c(Cl)c3)C(=O)c3ccccc3C2=O)cc1. The second-order valence-electron chi connectivity index (χ2n) is 9.00. The summed E-state index contributed by atoms with van der Waals surface area (Å²) in [6.07, 6.45) is -1.05. The number of ketones is 2. The van der Waals surface area contributed by atoms with Gasteiger partial charge in [0, 0.05) is 11.1 Å². The van der Waals surface area contributed by atoms with Crippen LogP contribution in [-0.2, 0) is 14.3 Å². The van der Waals surface area contributed by atoms with E-state index in [9.17, 15) is 19.2 Å². The molecule has 2 saturated heterocycles. The number of hydrogen-bond donors (Lipinski definition) is 0. The number of fused-ring (bicyclic) bond motifs is 3. The summed E-state index contributed by atoms with van der Waals surface area (Å²) in [6.45, 7) is 1.89. The highest BCUT2D eigenvalue weighted by Crippen LogP contribution is 2.58. The van der Waals surface area contributed by atoms with Crippen LogP contribution in [0.25, 0.3) is 0 Å². The number of anilines is 1. The summed E-state index contributed by atoms with van der Waals surface area (Å²) < 4.78 is 6.24. The fourth-order valence-electron chi connectivity index (χ4n) is 5.46. The minimum Gasteiger partial charge on any atom is -0.349 e. The molecule has 3 aromatic rings. The van der Waals surface area contributed by atoms with E-state index in [4.69, 9.17) is 27.9 Å². The van der Waals surface area contributed by atoms with Crippen LogP contribution in [0.15, 0.2) is 66.7 Å². The number of carbonyl (C=O) groups is 4. The van der Waals surface area contributed by atoms with Crippen molar-refractivity contribution >= 4 is 52.3 Å². The highest BCUT2D eigenvalue weighted by atomic mass is 35.5. The Balaban J connectivity index is 1.55. The number of nitrogens with zero attached hydrogens (tertiary/aromatic N) is 1. The first-order valence-corrected chi connectivity index (χ1v) is 11.8. The van der Waals surface area contributed by atoms with Crippen LogP contribution in [0.4, 0.5) is 5.69 Å². The van der Waals surface area contributed by atoms with Crippen LogP contribution in [0.5, 0.6) is 0 Å². The first-order chi connectivity index (χ1) is 16.8. The van der Waals surface area contributed by atoms with Crippen molar-refractivity contribution in [1.82, 2.24) is 0 Å². The molecule has 0 bridgehead atoms. The smallest absolute Gasteiger partial charge is 0.241 e. The van der Waals surface area contributed by atoms with Gasteiger partial charge in [-0.25, -0.2) is 4.90 Å². The van der Waals surface area contributed by atoms with Gasteiger partial charge in [-0.05, 0) is 36.8 Å². The number of imide groups is 1. The van der Waals surface area contributed by atoms with E-state index in [1.54, 1.807) is 48.5 Å². The Bertz CT molecular complexity index is 1430. The number of carbonyl (C=O) groups excluding carboxylic acids is 4.